The fraction of sp³-hybridized carbons (Fsp3) is 0.273. The van der Waals surface area contributed by atoms with Crippen LogP contribution in [0, 0.1) is 5.82 Å². The summed E-state index contributed by atoms with van der Waals surface area (Å²) in [6.07, 6.45) is 0. The second kappa shape index (κ2) is 8.71. The van der Waals surface area contributed by atoms with Crippen molar-refractivity contribution in [1.29, 1.82) is 0 Å². The van der Waals surface area contributed by atoms with Gasteiger partial charge < -0.3 is 15.1 Å². The van der Waals surface area contributed by atoms with Crippen molar-refractivity contribution in [2.24, 2.45) is 0 Å². The first-order valence-corrected chi connectivity index (χ1v) is 10.5. The number of hydrogen-bond acceptors (Lipinski definition) is 5. The van der Waals surface area contributed by atoms with Gasteiger partial charge in [0.05, 0.1) is 17.7 Å². The van der Waals surface area contributed by atoms with Crippen LogP contribution in [0.4, 0.5) is 10.1 Å². The second-order valence-corrected chi connectivity index (χ2v) is 7.87. The zero-order valence-electron chi connectivity index (χ0n) is 16.3. The highest BCUT2D eigenvalue weighted by Crippen LogP contribution is 2.26. The van der Waals surface area contributed by atoms with E-state index in [1.807, 2.05) is 17.5 Å². The van der Waals surface area contributed by atoms with Crippen molar-refractivity contribution in [3.8, 4) is 11.1 Å². The Balaban J connectivity index is 1.54. The Morgan fingerprint density at radius 1 is 1.17 bits per heavy atom. The Hall–Kier alpha value is -2.77. The van der Waals surface area contributed by atoms with Gasteiger partial charge in [0, 0.05) is 49.9 Å². The van der Waals surface area contributed by atoms with Gasteiger partial charge in [-0.2, -0.15) is 0 Å². The number of carbonyl (C=O) groups excluding carboxylic acids is 1. The molecule has 3 aromatic rings. The molecule has 1 aliphatic rings. The number of nitrogens with zero attached hydrogens (tertiary/aromatic N) is 3. The maximum absolute atomic E-state index is 14.3. The number of rotatable bonds is 5. The van der Waals surface area contributed by atoms with Gasteiger partial charge in [0.25, 0.3) is 5.91 Å². The van der Waals surface area contributed by atoms with Crippen LogP contribution in [0.5, 0.6) is 0 Å². The van der Waals surface area contributed by atoms with Gasteiger partial charge >= 0.3 is 0 Å². The highest BCUT2D eigenvalue weighted by atomic mass is 32.1. The van der Waals surface area contributed by atoms with E-state index in [1.54, 1.807) is 23.5 Å². The largest absolute Gasteiger partial charge is 0.369 e. The van der Waals surface area contributed by atoms with Crippen molar-refractivity contribution in [2.45, 2.75) is 6.54 Å². The van der Waals surface area contributed by atoms with Gasteiger partial charge in [-0.1, -0.05) is 12.1 Å². The van der Waals surface area contributed by atoms with Crippen LogP contribution in [0.3, 0.4) is 0 Å². The lowest BCUT2D eigenvalue weighted by atomic mass is 10.0. The molecule has 1 fully saturated rings. The van der Waals surface area contributed by atoms with Gasteiger partial charge in [0.1, 0.15) is 5.82 Å². The summed E-state index contributed by atoms with van der Waals surface area (Å²) in [5, 5.41) is 5.25. The molecule has 0 unspecified atom stereocenters. The van der Waals surface area contributed by atoms with E-state index in [-0.39, 0.29) is 5.91 Å². The molecule has 0 radical (unpaired) electrons. The number of piperazine rings is 1. The number of amides is 1. The van der Waals surface area contributed by atoms with Crippen LogP contribution in [-0.4, -0.2) is 49.0 Å². The van der Waals surface area contributed by atoms with Crippen LogP contribution in [0.15, 0.2) is 53.4 Å². The first-order chi connectivity index (χ1) is 14.1. The lowest BCUT2D eigenvalue weighted by Crippen LogP contribution is -2.43. The summed E-state index contributed by atoms with van der Waals surface area (Å²) >= 11 is 1.49. The molecule has 0 aliphatic carbocycles. The predicted octanol–water partition coefficient (Wildman–Crippen LogP) is 3.63. The smallest absolute Gasteiger partial charge is 0.254 e. The molecule has 1 saturated heterocycles. The van der Waals surface area contributed by atoms with Crippen molar-refractivity contribution in [3.63, 3.8) is 0 Å². The van der Waals surface area contributed by atoms with E-state index in [9.17, 15) is 9.18 Å². The Morgan fingerprint density at radius 3 is 2.62 bits per heavy atom. The maximum atomic E-state index is 14.3. The molecule has 0 spiro atoms. The summed E-state index contributed by atoms with van der Waals surface area (Å²) in [5.41, 5.74) is 5.64. The van der Waals surface area contributed by atoms with E-state index in [0.717, 1.165) is 43.1 Å². The summed E-state index contributed by atoms with van der Waals surface area (Å²) in [5.74, 6) is -0.643. The van der Waals surface area contributed by atoms with E-state index < -0.39 is 5.82 Å². The Morgan fingerprint density at radius 2 is 1.93 bits per heavy atom. The lowest BCUT2D eigenvalue weighted by Gasteiger charge is -2.29. The number of thiazole rings is 1. The monoisotopic (exact) mass is 410 g/mol. The van der Waals surface area contributed by atoms with E-state index >= 15 is 0 Å². The third kappa shape index (κ3) is 4.63. The van der Waals surface area contributed by atoms with Crippen LogP contribution in [-0.2, 0) is 6.54 Å². The number of hydrogen-bond donors (Lipinski definition) is 1. The molecule has 0 atom stereocenters. The number of benzene rings is 2. The van der Waals surface area contributed by atoms with Gasteiger partial charge in [-0.3, -0.25) is 4.79 Å². The molecule has 150 valence electrons. The third-order valence-electron chi connectivity index (χ3n) is 5.06. The minimum Gasteiger partial charge on any atom is -0.369 e. The van der Waals surface area contributed by atoms with Crippen LogP contribution in [0.2, 0.25) is 0 Å². The normalized spacial score (nSPS) is 14.1. The maximum Gasteiger partial charge on any atom is 0.254 e. The minimum atomic E-state index is -0.418. The van der Waals surface area contributed by atoms with E-state index in [1.165, 1.54) is 23.5 Å². The van der Waals surface area contributed by atoms with Gasteiger partial charge in [-0.15, -0.1) is 11.3 Å². The standard InChI is InChI=1S/C22H23FN4OS/c1-26(13-20-14-29-15-25-20)22(28)18-10-17(11-19(23)12-18)16-2-4-21(5-3-16)27-8-6-24-7-9-27/h2-5,10-12,14-15,24H,6-9,13H2,1H3. The summed E-state index contributed by atoms with van der Waals surface area (Å²) in [7, 11) is 1.70. The summed E-state index contributed by atoms with van der Waals surface area (Å²) in [6.45, 7) is 4.30. The molecule has 1 amide bonds. The Bertz CT molecular complexity index is 969. The van der Waals surface area contributed by atoms with Crippen LogP contribution < -0.4 is 10.2 Å². The number of aromatic nitrogens is 1. The van der Waals surface area contributed by atoms with Crippen molar-refractivity contribution in [1.82, 2.24) is 15.2 Å². The Labute approximate surface area is 173 Å². The minimum absolute atomic E-state index is 0.226. The van der Waals surface area contributed by atoms with E-state index in [2.05, 4.69) is 27.3 Å². The van der Waals surface area contributed by atoms with E-state index in [4.69, 9.17) is 0 Å². The zero-order chi connectivity index (χ0) is 20.2. The number of halogens is 1. The topological polar surface area (TPSA) is 48.5 Å². The van der Waals surface area contributed by atoms with Crippen molar-refractivity contribution in [3.05, 3.63) is 70.4 Å². The average molecular weight is 411 g/mol. The van der Waals surface area contributed by atoms with Crippen LogP contribution >= 0.6 is 11.3 Å². The van der Waals surface area contributed by atoms with Gasteiger partial charge in [-0.25, -0.2) is 9.37 Å². The first-order valence-electron chi connectivity index (χ1n) is 9.59. The molecule has 1 aliphatic heterocycles. The summed E-state index contributed by atoms with van der Waals surface area (Å²) in [4.78, 5) is 20.9. The highest BCUT2D eigenvalue weighted by molar-refractivity contribution is 7.07. The second-order valence-electron chi connectivity index (χ2n) is 7.15. The summed E-state index contributed by atoms with van der Waals surface area (Å²) in [6, 6.07) is 12.6. The molecule has 0 saturated carbocycles. The molecular formula is C22H23FN4OS. The molecule has 7 heteroatoms. The lowest BCUT2D eigenvalue weighted by molar-refractivity contribution is 0.0783. The quantitative estimate of drug-likeness (QED) is 0.698. The van der Waals surface area contributed by atoms with Gasteiger partial charge in [-0.05, 0) is 41.5 Å². The fourth-order valence-electron chi connectivity index (χ4n) is 3.52. The zero-order valence-corrected chi connectivity index (χ0v) is 17.1. The fourth-order valence-corrected chi connectivity index (χ4v) is 4.07. The summed E-state index contributed by atoms with van der Waals surface area (Å²) < 4.78 is 14.3. The molecule has 2 aromatic carbocycles. The van der Waals surface area contributed by atoms with Gasteiger partial charge in [0.15, 0.2) is 0 Å². The van der Waals surface area contributed by atoms with Gasteiger partial charge in [0.2, 0.25) is 0 Å². The highest BCUT2D eigenvalue weighted by Gasteiger charge is 2.16. The molecule has 1 N–H and O–H groups in total. The molecule has 0 bridgehead atoms. The first kappa shape index (κ1) is 19.5. The molecule has 5 nitrogen and oxygen atoms in total. The Kier molecular flexibility index (Phi) is 5.87. The number of carbonyl (C=O) groups is 1. The molecule has 4 rings (SSSR count). The molecule has 1 aromatic heterocycles. The molecule has 29 heavy (non-hydrogen) atoms. The number of nitrogens with one attached hydrogen (secondary N) is 1. The number of anilines is 1. The molecular weight excluding hydrogens is 387 g/mol. The SMILES string of the molecule is CN(Cc1cscn1)C(=O)c1cc(F)cc(-c2ccc(N3CCNCC3)cc2)c1. The average Bonchev–Trinajstić information content (AvgIpc) is 3.26. The third-order valence-corrected chi connectivity index (χ3v) is 5.69. The van der Waals surface area contributed by atoms with Crippen LogP contribution in [0.25, 0.3) is 11.1 Å². The van der Waals surface area contributed by atoms with Crippen LogP contribution in [0.1, 0.15) is 16.1 Å². The molecule has 2 heterocycles. The van der Waals surface area contributed by atoms with Crippen molar-refractivity contribution in [2.75, 3.05) is 38.1 Å². The van der Waals surface area contributed by atoms with E-state index in [0.29, 0.717) is 17.7 Å². The predicted molar refractivity (Wildman–Crippen MR) is 115 cm³/mol. The van der Waals surface area contributed by atoms with Crippen molar-refractivity contribution >= 4 is 22.9 Å². The van der Waals surface area contributed by atoms with Crippen molar-refractivity contribution < 1.29 is 9.18 Å².